The van der Waals surface area contributed by atoms with Gasteiger partial charge in [-0.2, -0.15) is 0 Å². The molecule has 16 nitrogen and oxygen atoms in total. The van der Waals surface area contributed by atoms with E-state index in [1.807, 2.05) is 67.5 Å². The molecule has 378 valence electrons. The monoisotopic (exact) mass is 969 g/mol. The van der Waals surface area contributed by atoms with Crippen LogP contribution in [0.3, 0.4) is 0 Å². The van der Waals surface area contributed by atoms with Crippen molar-refractivity contribution in [2.75, 3.05) is 19.8 Å². The third kappa shape index (κ3) is 9.31. The summed E-state index contributed by atoms with van der Waals surface area (Å²) < 4.78 is 39.1. The fraction of sp³-hybridized carbons (Fsp3) is 0.519. The van der Waals surface area contributed by atoms with Crippen LogP contribution in [-0.4, -0.2) is 122 Å². The zero-order valence-electron chi connectivity index (χ0n) is 41.6. The number of Topliss-reactive ketones (excluding diaryl/α,β-unsaturated/α-hetero) is 2. The molecule has 0 aromatic heterocycles. The van der Waals surface area contributed by atoms with Gasteiger partial charge in [0.05, 0.1) is 29.9 Å². The molecule has 5 unspecified atom stereocenters. The topological polar surface area (TPSA) is 237 Å². The van der Waals surface area contributed by atoms with Crippen LogP contribution in [0.4, 0.5) is 0 Å². The SMILES string of the molecule is CC(C)=CCCC1(C)C=Cc2c(c(CC=C(C)C)c3c(c2OC(=O)c2ccc(O[C@@H]4O[C@H](CO)[C@@H](O)[C@H](O)[C@H]4O)cc2)C(=O)C2=CC(C)C(=O)C4(C/C=C(/C)C(=O)NCCO)OC(C)(C)C(C)C24O3)O1. The summed E-state index contributed by atoms with van der Waals surface area (Å²) in [6.45, 7) is 17.8. The van der Waals surface area contributed by atoms with Gasteiger partial charge in [-0.3, -0.25) is 14.4 Å². The molecule has 0 radical (unpaired) electrons. The summed E-state index contributed by atoms with van der Waals surface area (Å²) in [6.07, 6.45) is 4.76. The van der Waals surface area contributed by atoms with Gasteiger partial charge >= 0.3 is 5.97 Å². The van der Waals surface area contributed by atoms with E-state index in [4.69, 9.17) is 28.4 Å². The first kappa shape index (κ1) is 52.4. The molecule has 7 rings (SSSR count). The lowest BCUT2D eigenvalue weighted by Crippen LogP contribution is -2.68. The van der Waals surface area contributed by atoms with E-state index in [1.54, 1.807) is 32.1 Å². The number of carbonyl (C=O) groups excluding carboxylic acids is 4. The first-order chi connectivity index (χ1) is 32.9. The number of allylic oxidation sites excluding steroid dienone is 5. The zero-order chi connectivity index (χ0) is 51.2. The number of amides is 1. The van der Waals surface area contributed by atoms with Gasteiger partial charge in [-0.15, -0.1) is 0 Å². The van der Waals surface area contributed by atoms with Crippen LogP contribution in [0.5, 0.6) is 23.0 Å². The molecule has 2 fully saturated rings. The van der Waals surface area contributed by atoms with Crippen LogP contribution in [0.1, 0.15) is 120 Å². The molecule has 0 saturated carbocycles. The van der Waals surface area contributed by atoms with Gasteiger partial charge in [0.15, 0.2) is 28.5 Å². The van der Waals surface area contributed by atoms with Gasteiger partial charge in [0.2, 0.25) is 12.2 Å². The number of aliphatic hydroxyl groups is 5. The normalized spacial score (nSPS) is 30.6. The van der Waals surface area contributed by atoms with Crippen molar-refractivity contribution >= 4 is 29.5 Å². The molecular formula is C54H67NO15. The summed E-state index contributed by atoms with van der Waals surface area (Å²) in [4.78, 5) is 58.5. The second kappa shape index (κ2) is 20.0. The maximum absolute atomic E-state index is 15.9. The number of carbonyl (C=O) groups is 4. The van der Waals surface area contributed by atoms with Crippen LogP contribution in [0, 0.1) is 11.8 Å². The van der Waals surface area contributed by atoms with Crippen LogP contribution >= 0.6 is 0 Å². The van der Waals surface area contributed by atoms with Crippen molar-refractivity contribution in [3.63, 3.8) is 0 Å². The molecule has 4 heterocycles. The molecule has 1 amide bonds. The predicted octanol–water partition coefficient (Wildman–Crippen LogP) is 5.59. The van der Waals surface area contributed by atoms with Gasteiger partial charge in [0, 0.05) is 41.5 Å². The Bertz CT molecular complexity index is 2560. The highest BCUT2D eigenvalue weighted by Gasteiger charge is 2.77. The van der Waals surface area contributed by atoms with E-state index in [1.165, 1.54) is 24.3 Å². The average Bonchev–Trinajstić information content (AvgIpc) is 3.48. The van der Waals surface area contributed by atoms with Gasteiger partial charge in [-0.05, 0) is 111 Å². The van der Waals surface area contributed by atoms with E-state index >= 15 is 9.59 Å². The average molecular weight is 970 g/mol. The van der Waals surface area contributed by atoms with Crippen molar-refractivity contribution in [2.45, 2.75) is 148 Å². The number of nitrogens with one attached hydrogen (secondary N) is 1. The van der Waals surface area contributed by atoms with E-state index in [9.17, 15) is 35.1 Å². The van der Waals surface area contributed by atoms with E-state index in [0.29, 0.717) is 29.7 Å². The molecule has 70 heavy (non-hydrogen) atoms. The first-order valence-corrected chi connectivity index (χ1v) is 23.9. The Balaban J connectivity index is 1.40. The van der Waals surface area contributed by atoms with Gasteiger partial charge in [0.25, 0.3) is 0 Å². The minimum Gasteiger partial charge on any atom is -0.482 e. The molecule has 6 N–H and O–H groups in total. The Kier molecular flexibility index (Phi) is 14.9. The number of rotatable bonds is 15. The van der Waals surface area contributed by atoms with Crippen LogP contribution in [-0.2, 0) is 25.5 Å². The number of fused-ring (bicyclic) bond motifs is 2. The number of hydrogen-bond donors (Lipinski definition) is 6. The quantitative estimate of drug-likeness (QED) is 0.0552. The molecule has 0 bridgehead atoms. The second-order valence-electron chi connectivity index (χ2n) is 20.3. The van der Waals surface area contributed by atoms with Crippen molar-refractivity contribution < 1.29 is 73.1 Å². The highest BCUT2D eigenvalue weighted by molar-refractivity contribution is 6.19. The molecule has 10 atom stereocenters. The van der Waals surface area contributed by atoms with E-state index in [0.717, 1.165) is 11.1 Å². The van der Waals surface area contributed by atoms with E-state index in [2.05, 4.69) is 11.4 Å². The summed E-state index contributed by atoms with van der Waals surface area (Å²) in [7, 11) is 0. The molecule has 2 saturated heterocycles. The zero-order valence-corrected chi connectivity index (χ0v) is 41.6. The van der Waals surface area contributed by atoms with Gasteiger partial charge in [0.1, 0.15) is 52.8 Å². The van der Waals surface area contributed by atoms with Crippen molar-refractivity contribution in [3.8, 4) is 23.0 Å². The summed E-state index contributed by atoms with van der Waals surface area (Å²) in [5.74, 6) is -3.34. The number of ketones is 2. The fourth-order valence-corrected chi connectivity index (χ4v) is 10.1. The van der Waals surface area contributed by atoms with Gasteiger partial charge in [-0.25, -0.2) is 4.79 Å². The van der Waals surface area contributed by atoms with Crippen LogP contribution in [0.2, 0.25) is 0 Å². The Morgan fingerprint density at radius 1 is 0.871 bits per heavy atom. The van der Waals surface area contributed by atoms with Crippen LogP contribution in [0.25, 0.3) is 6.08 Å². The predicted molar refractivity (Wildman–Crippen MR) is 258 cm³/mol. The highest BCUT2D eigenvalue weighted by atomic mass is 16.7. The molecule has 5 aliphatic rings. The molecule has 2 aromatic carbocycles. The van der Waals surface area contributed by atoms with Gasteiger partial charge < -0.3 is 59.3 Å². The number of aliphatic hydroxyl groups excluding tert-OH is 5. The minimum absolute atomic E-state index is 0.0269. The molecule has 1 aliphatic carbocycles. The fourth-order valence-electron chi connectivity index (χ4n) is 10.1. The van der Waals surface area contributed by atoms with Crippen molar-refractivity contribution in [1.29, 1.82) is 0 Å². The second-order valence-corrected chi connectivity index (χ2v) is 20.3. The third-order valence-corrected chi connectivity index (χ3v) is 14.2. The van der Waals surface area contributed by atoms with Crippen molar-refractivity contribution in [3.05, 3.63) is 99.2 Å². The van der Waals surface area contributed by atoms with Crippen LogP contribution < -0.4 is 24.3 Å². The lowest BCUT2D eigenvalue weighted by Gasteiger charge is -2.52. The maximum Gasteiger partial charge on any atom is 0.343 e. The Labute approximate surface area is 408 Å². The Morgan fingerprint density at radius 2 is 1.56 bits per heavy atom. The molecule has 4 aliphatic heterocycles. The third-order valence-electron chi connectivity index (χ3n) is 14.2. The molecule has 16 heteroatoms. The highest BCUT2D eigenvalue weighted by Crippen LogP contribution is 2.64. The lowest BCUT2D eigenvalue weighted by molar-refractivity contribution is -0.277. The molecule has 1 spiro atoms. The minimum atomic E-state index is -1.83. The van der Waals surface area contributed by atoms with Crippen molar-refractivity contribution in [2.24, 2.45) is 11.8 Å². The van der Waals surface area contributed by atoms with Crippen LogP contribution in [0.15, 0.2) is 76.9 Å². The number of hydrogen-bond acceptors (Lipinski definition) is 15. The van der Waals surface area contributed by atoms with Gasteiger partial charge in [-0.1, -0.05) is 49.3 Å². The molecule has 2 aromatic rings. The smallest absolute Gasteiger partial charge is 0.343 e. The number of benzene rings is 2. The first-order valence-electron chi connectivity index (χ1n) is 23.9. The summed E-state index contributed by atoms with van der Waals surface area (Å²) >= 11 is 0. The van der Waals surface area contributed by atoms with E-state index < -0.39 is 89.2 Å². The largest absolute Gasteiger partial charge is 0.482 e. The Morgan fingerprint density at radius 3 is 2.20 bits per heavy atom. The number of esters is 1. The summed E-state index contributed by atoms with van der Waals surface area (Å²) in [6, 6.07) is 5.61. The maximum atomic E-state index is 15.9. The van der Waals surface area contributed by atoms with Crippen molar-refractivity contribution in [1.82, 2.24) is 5.32 Å². The lowest BCUT2D eigenvalue weighted by atomic mass is 9.58. The summed E-state index contributed by atoms with van der Waals surface area (Å²) in [5, 5.41) is 52.7. The van der Waals surface area contributed by atoms with E-state index in [-0.39, 0.29) is 71.3 Å². The summed E-state index contributed by atoms with van der Waals surface area (Å²) in [5.41, 5.74) is -2.19. The number of ether oxygens (including phenoxy) is 6. The standard InChI is InChI=1S/C54H67NO15/c1-28(2)12-11-21-52(10)22-20-36-44(68-52)35(18-13-29(3)4)46-39(45(36)67-49(64)33-14-16-34(17-15-33)65-50-43(61)42(60)41(59)38(27-57)66-50)40(58)37-26-31(6)47(62)53(23-19-30(5)48(63)55-24-25-56)54(37,69-46)32(7)51(8,9)70-53/h12-17,19-20,22,26,31-32,38,41-43,50,56-57,59-61H,11,18,21,23-25,27H2,1-10H3,(H,55,63)/b30-19-/t31?,32?,38-,41-,42+,43-,50-,52?,53?,54?/m1/s1. The molecular weight excluding hydrogens is 903 g/mol. The Hall–Kier alpha value is -5.46.